The highest BCUT2D eigenvalue weighted by Gasteiger charge is 2.32. The van der Waals surface area contributed by atoms with Gasteiger partial charge in [-0.2, -0.15) is 13.2 Å². The van der Waals surface area contributed by atoms with Crippen molar-refractivity contribution >= 4 is 46.6 Å². The van der Waals surface area contributed by atoms with E-state index in [1.807, 2.05) is 0 Å². The Hall–Kier alpha value is -2.78. The molecule has 0 fully saturated rings. The van der Waals surface area contributed by atoms with E-state index in [1.54, 1.807) is 12.1 Å². The molecule has 0 aromatic heterocycles. The minimum atomic E-state index is -4.68. The number of amides is 1. The van der Waals surface area contributed by atoms with Crippen molar-refractivity contribution in [3.8, 4) is 0 Å². The van der Waals surface area contributed by atoms with Gasteiger partial charge in [-0.3, -0.25) is 14.9 Å². The van der Waals surface area contributed by atoms with E-state index in [0.717, 1.165) is 12.1 Å². The molecule has 154 valence electrons. The first kappa shape index (κ1) is 22.5. The number of carbonyl (C=O) groups excluding carboxylic acids is 1. The maximum atomic E-state index is 12.7. The number of hydrogen-bond acceptors (Lipinski definition) is 4. The van der Waals surface area contributed by atoms with Crippen molar-refractivity contribution in [2.45, 2.75) is 6.18 Å². The van der Waals surface area contributed by atoms with Gasteiger partial charge in [0.25, 0.3) is 5.69 Å². The normalized spacial score (nSPS) is 11.5. The Labute approximate surface area is 173 Å². The van der Waals surface area contributed by atoms with Gasteiger partial charge in [-0.15, -0.1) is 0 Å². The van der Waals surface area contributed by atoms with Gasteiger partial charge in [-0.05, 0) is 35.9 Å². The molecule has 0 heterocycles. The number of hydrogen-bond donors (Lipinski definition) is 2. The van der Waals surface area contributed by atoms with Crippen LogP contribution in [0.3, 0.4) is 0 Å². The lowest BCUT2D eigenvalue weighted by atomic mass is 10.1. The zero-order valence-electron chi connectivity index (χ0n) is 14.6. The molecule has 2 aromatic carbocycles. The van der Waals surface area contributed by atoms with E-state index >= 15 is 0 Å². The van der Waals surface area contributed by atoms with Crippen LogP contribution in [0.4, 0.5) is 24.5 Å². The number of alkyl halides is 3. The number of halogens is 5. The van der Waals surface area contributed by atoms with Gasteiger partial charge in [0, 0.05) is 35.3 Å². The Bertz CT molecular complexity index is 950. The standard InChI is InChI=1S/C18H14Cl2F3N3O3/c19-13-4-1-11(14(20)10-13)2-6-17(27)25-8-7-24-15-5-3-12(18(21,22)23)9-16(15)26(28)29/h1-6,9-10,24H,7-8H2,(H,25,27)/b6-2+. The van der Waals surface area contributed by atoms with Crippen molar-refractivity contribution in [1.29, 1.82) is 0 Å². The van der Waals surface area contributed by atoms with Crippen LogP contribution in [0.15, 0.2) is 42.5 Å². The van der Waals surface area contributed by atoms with Gasteiger partial charge in [0.1, 0.15) is 5.69 Å². The first-order valence-corrected chi connectivity index (χ1v) is 8.84. The summed E-state index contributed by atoms with van der Waals surface area (Å²) in [6.45, 7) is 0.142. The van der Waals surface area contributed by atoms with Crippen molar-refractivity contribution < 1.29 is 22.9 Å². The lowest BCUT2D eigenvalue weighted by Crippen LogP contribution is -2.27. The first-order valence-electron chi connectivity index (χ1n) is 8.08. The molecule has 0 saturated heterocycles. The van der Waals surface area contributed by atoms with E-state index in [0.29, 0.717) is 21.7 Å². The molecule has 11 heteroatoms. The molecule has 0 atom stereocenters. The molecule has 29 heavy (non-hydrogen) atoms. The zero-order valence-corrected chi connectivity index (χ0v) is 16.1. The Kier molecular flexibility index (Phi) is 7.46. The van der Waals surface area contributed by atoms with E-state index in [2.05, 4.69) is 10.6 Å². The van der Waals surface area contributed by atoms with Gasteiger partial charge < -0.3 is 10.6 Å². The third kappa shape index (κ3) is 6.65. The Morgan fingerprint density at radius 2 is 1.86 bits per heavy atom. The summed E-state index contributed by atoms with van der Waals surface area (Å²) in [6, 6.07) is 6.96. The molecule has 0 bridgehead atoms. The number of nitro benzene ring substituents is 1. The topological polar surface area (TPSA) is 84.3 Å². The van der Waals surface area contributed by atoms with Crippen LogP contribution in [0, 0.1) is 10.1 Å². The maximum absolute atomic E-state index is 12.7. The second-order valence-corrected chi connectivity index (χ2v) is 6.55. The summed E-state index contributed by atoms with van der Waals surface area (Å²) in [5, 5.41) is 17.0. The number of nitrogens with zero attached hydrogens (tertiary/aromatic N) is 1. The minimum Gasteiger partial charge on any atom is -0.378 e. The van der Waals surface area contributed by atoms with Gasteiger partial charge in [0.2, 0.25) is 5.91 Å². The Balaban J connectivity index is 1.90. The van der Waals surface area contributed by atoms with Crippen molar-refractivity contribution in [1.82, 2.24) is 5.32 Å². The van der Waals surface area contributed by atoms with Crippen LogP contribution < -0.4 is 10.6 Å². The summed E-state index contributed by atoms with van der Waals surface area (Å²) < 4.78 is 38.1. The fraction of sp³-hybridized carbons (Fsp3) is 0.167. The molecular formula is C18H14Cl2F3N3O3. The Morgan fingerprint density at radius 1 is 1.14 bits per heavy atom. The van der Waals surface area contributed by atoms with E-state index < -0.39 is 28.3 Å². The van der Waals surface area contributed by atoms with Gasteiger partial charge in [0.05, 0.1) is 10.5 Å². The summed E-state index contributed by atoms with van der Waals surface area (Å²) in [5.41, 5.74) is -1.32. The molecule has 0 spiro atoms. The summed E-state index contributed by atoms with van der Waals surface area (Å²) >= 11 is 11.8. The molecule has 0 radical (unpaired) electrons. The molecule has 2 rings (SSSR count). The molecule has 0 unspecified atom stereocenters. The van der Waals surface area contributed by atoms with E-state index in [9.17, 15) is 28.1 Å². The van der Waals surface area contributed by atoms with Crippen LogP contribution in [-0.4, -0.2) is 23.9 Å². The molecule has 1 amide bonds. The number of rotatable bonds is 7. The summed E-state index contributed by atoms with van der Waals surface area (Å²) in [7, 11) is 0. The average molecular weight is 448 g/mol. The van der Waals surface area contributed by atoms with Gasteiger partial charge in [0.15, 0.2) is 0 Å². The van der Waals surface area contributed by atoms with Gasteiger partial charge >= 0.3 is 6.18 Å². The lowest BCUT2D eigenvalue weighted by Gasteiger charge is -2.10. The van der Waals surface area contributed by atoms with Crippen molar-refractivity contribution in [3.05, 3.63) is 73.8 Å². The van der Waals surface area contributed by atoms with Gasteiger partial charge in [-0.25, -0.2) is 0 Å². The van der Waals surface area contributed by atoms with Crippen LogP contribution in [0.25, 0.3) is 6.08 Å². The molecule has 0 aliphatic carbocycles. The SMILES string of the molecule is O=C(/C=C/c1ccc(Cl)cc1Cl)NCCNc1ccc(C(F)(F)F)cc1[N+](=O)[O-]. The highest BCUT2D eigenvalue weighted by atomic mass is 35.5. The number of carbonyl (C=O) groups is 1. The predicted octanol–water partition coefficient (Wildman–Crippen LogP) is 5.16. The number of benzene rings is 2. The van der Waals surface area contributed by atoms with Crippen molar-refractivity contribution in [2.75, 3.05) is 18.4 Å². The number of anilines is 1. The molecule has 0 aliphatic heterocycles. The highest BCUT2D eigenvalue weighted by molar-refractivity contribution is 6.35. The minimum absolute atomic E-state index is 0.0630. The predicted molar refractivity (Wildman–Crippen MR) is 105 cm³/mol. The highest BCUT2D eigenvalue weighted by Crippen LogP contribution is 2.34. The number of nitro groups is 1. The monoisotopic (exact) mass is 447 g/mol. The number of nitrogens with one attached hydrogen (secondary N) is 2. The molecule has 0 saturated carbocycles. The molecule has 2 N–H and O–H groups in total. The first-order chi connectivity index (χ1) is 13.6. The van der Waals surface area contributed by atoms with Crippen molar-refractivity contribution in [2.24, 2.45) is 0 Å². The van der Waals surface area contributed by atoms with E-state index in [1.165, 1.54) is 18.2 Å². The molecule has 0 aliphatic rings. The summed E-state index contributed by atoms with van der Waals surface area (Å²) in [4.78, 5) is 21.9. The second kappa shape index (κ2) is 9.62. The zero-order chi connectivity index (χ0) is 21.6. The van der Waals surface area contributed by atoms with Crippen LogP contribution >= 0.6 is 23.2 Å². The Morgan fingerprint density at radius 3 is 2.48 bits per heavy atom. The molecule has 6 nitrogen and oxygen atoms in total. The fourth-order valence-corrected chi connectivity index (χ4v) is 2.72. The second-order valence-electron chi connectivity index (χ2n) is 5.70. The quantitative estimate of drug-likeness (QED) is 0.265. The summed E-state index contributed by atoms with van der Waals surface area (Å²) in [5.74, 6) is -0.445. The van der Waals surface area contributed by atoms with Gasteiger partial charge in [-0.1, -0.05) is 29.3 Å². The summed E-state index contributed by atoms with van der Waals surface area (Å²) in [6.07, 6.45) is -1.95. The van der Waals surface area contributed by atoms with Crippen LogP contribution in [0.2, 0.25) is 10.0 Å². The van der Waals surface area contributed by atoms with E-state index in [4.69, 9.17) is 23.2 Å². The maximum Gasteiger partial charge on any atom is 0.416 e. The average Bonchev–Trinajstić information content (AvgIpc) is 2.63. The molecular weight excluding hydrogens is 434 g/mol. The third-order valence-corrected chi connectivity index (χ3v) is 4.20. The smallest absolute Gasteiger partial charge is 0.378 e. The lowest BCUT2D eigenvalue weighted by molar-refractivity contribution is -0.384. The largest absolute Gasteiger partial charge is 0.416 e. The molecule has 2 aromatic rings. The third-order valence-electron chi connectivity index (χ3n) is 3.64. The van der Waals surface area contributed by atoms with Crippen molar-refractivity contribution in [3.63, 3.8) is 0 Å². The van der Waals surface area contributed by atoms with E-state index in [-0.39, 0.29) is 18.8 Å². The fourth-order valence-electron chi connectivity index (χ4n) is 2.25. The van der Waals surface area contributed by atoms with Crippen LogP contribution in [0.5, 0.6) is 0 Å². The van der Waals surface area contributed by atoms with Crippen LogP contribution in [-0.2, 0) is 11.0 Å². The van der Waals surface area contributed by atoms with Crippen LogP contribution in [0.1, 0.15) is 11.1 Å².